The zero-order chi connectivity index (χ0) is 38.8. The molecule has 1 saturated heterocycles. The van der Waals surface area contributed by atoms with Gasteiger partial charge in [0.2, 0.25) is 5.95 Å². The lowest BCUT2D eigenvalue weighted by Gasteiger charge is -2.22. The van der Waals surface area contributed by atoms with Crippen LogP contribution in [0.2, 0.25) is 0 Å². The molecule has 5 unspecified atom stereocenters. The summed E-state index contributed by atoms with van der Waals surface area (Å²) >= 11 is 0. The Labute approximate surface area is 333 Å². The molecule has 5 heterocycles. The average molecular weight is 798 g/mol. The number of phenols is 2. The zero-order valence-electron chi connectivity index (χ0n) is 31.0. The van der Waals surface area contributed by atoms with E-state index in [-0.39, 0.29) is 41.9 Å². The molecule has 0 spiro atoms. The van der Waals surface area contributed by atoms with Crippen LogP contribution in [-0.2, 0) is 13.0 Å². The molecule has 6 aromatic rings. The normalized spacial score (nSPS) is 20.5. The lowest BCUT2D eigenvalue weighted by atomic mass is 9.91. The van der Waals surface area contributed by atoms with Gasteiger partial charge in [0.1, 0.15) is 29.7 Å². The second-order valence-corrected chi connectivity index (χ2v) is 14.2. The third kappa shape index (κ3) is 8.37. The third-order valence-corrected chi connectivity index (χ3v) is 10.5. The molecule has 2 fully saturated rings. The number of aliphatic hydroxyl groups excluding tert-OH is 2. The molecule has 2 aliphatic rings. The van der Waals surface area contributed by atoms with Gasteiger partial charge >= 0.3 is 6.03 Å². The largest absolute Gasteiger partial charge is 0.508 e. The predicted octanol–water partition coefficient (Wildman–Crippen LogP) is 2.83. The first-order valence-electron chi connectivity index (χ1n) is 18.6. The van der Waals surface area contributed by atoms with E-state index in [9.17, 15) is 25.2 Å². The summed E-state index contributed by atoms with van der Waals surface area (Å²) in [4.78, 5) is 35.0. The molecule has 7 N–H and O–H groups in total. The van der Waals surface area contributed by atoms with Gasteiger partial charge in [-0.15, -0.1) is 22.6 Å². The number of imidazole rings is 1. The Balaban J connectivity index is 0.00000496. The van der Waals surface area contributed by atoms with Gasteiger partial charge in [0.15, 0.2) is 22.8 Å². The van der Waals surface area contributed by atoms with Crippen molar-refractivity contribution in [1.82, 2.24) is 55.3 Å². The Morgan fingerprint density at radius 1 is 0.965 bits per heavy atom. The second kappa shape index (κ2) is 16.9. The van der Waals surface area contributed by atoms with Crippen molar-refractivity contribution in [2.24, 2.45) is 0 Å². The van der Waals surface area contributed by atoms with Gasteiger partial charge in [-0.1, -0.05) is 37.3 Å². The first-order chi connectivity index (χ1) is 27.2. The second-order valence-electron chi connectivity index (χ2n) is 14.2. The Morgan fingerprint density at radius 2 is 1.68 bits per heavy atom. The molecule has 2 aromatic carbocycles. The van der Waals surface area contributed by atoms with Crippen molar-refractivity contribution < 1.29 is 25.2 Å². The molecule has 298 valence electrons. The van der Waals surface area contributed by atoms with E-state index in [0.717, 1.165) is 16.7 Å². The van der Waals surface area contributed by atoms with Crippen LogP contribution in [0.3, 0.4) is 0 Å². The highest BCUT2D eigenvalue weighted by Gasteiger charge is 2.45. The van der Waals surface area contributed by atoms with Gasteiger partial charge < -0.3 is 45.8 Å². The Morgan fingerprint density at radius 3 is 2.35 bits per heavy atom. The lowest BCUT2D eigenvalue weighted by Crippen LogP contribution is -2.43. The summed E-state index contributed by atoms with van der Waals surface area (Å²) in [5, 5.41) is 64.7. The van der Waals surface area contributed by atoms with Crippen LogP contribution in [0.25, 0.3) is 11.2 Å². The number of hydrogen-bond acceptors (Lipinski definition) is 14. The first kappa shape index (κ1) is 39.1. The SMILES string of the molecule is CCc1nnn(C2CC(n3cnc4c(NCC(c5ccc(O)cc5)c5ccc(O)cc5)nc(N5CCC(NC(=O)NCc6cccnc6)C5)nc43)C(O)C2O)n1.Cl. The third-order valence-electron chi connectivity index (χ3n) is 10.5. The van der Waals surface area contributed by atoms with Crippen molar-refractivity contribution >= 4 is 41.4 Å². The summed E-state index contributed by atoms with van der Waals surface area (Å²) in [6, 6.07) is 16.0. The monoisotopic (exact) mass is 797 g/mol. The number of phenolic OH excluding ortho intramolecular Hbond substituents is 2. The molecule has 0 bridgehead atoms. The summed E-state index contributed by atoms with van der Waals surface area (Å²) in [7, 11) is 0. The van der Waals surface area contributed by atoms with Gasteiger partial charge in [0, 0.05) is 57.0 Å². The average Bonchev–Trinajstić information content (AvgIpc) is 4.03. The molecule has 0 radical (unpaired) electrons. The first-order valence-corrected chi connectivity index (χ1v) is 18.6. The molecular formula is C38H44ClN13O5. The van der Waals surface area contributed by atoms with Crippen molar-refractivity contribution in [2.75, 3.05) is 29.9 Å². The van der Waals surface area contributed by atoms with Gasteiger partial charge in [0.05, 0.1) is 12.4 Å². The van der Waals surface area contributed by atoms with Crippen molar-refractivity contribution in [1.29, 1.82) is 0 Å². The number of aromatic nitrogens is 9. The molecule has 18 nitrogen and oxygen atoms in total. The van der Waals surface area contributed by atoms with E-state index < -0.39 is 24.3 Å². The topological polar surface area (TPSA) is 237 Å². The Bertz CT molecular complexity index is 2230. The van der Waals surface area contributed by atoms with Crippen LogP contribution in [0.5, 0.6) is 11.5 Å². The summed E-state index contributed by atoms with van der Waals surface area (Å²) < 4.78 is 1.77. The maximum Gasteiger partial charge on any atom is 0.315 e. The highest BCUT2D eigenvalue weighted by molar-refractivity contribution is 5.85. The number of urea groups is 1. The number of nitrogens with zero attached hydrogens (tertiary/aromatic N) is 10. The maximum atomic E-state index is 12.8. The number of pyridine rings is 1. The number of aromatic hydroxyl groups is 2. The highest BCUT2D eigenvalue weighted by Crippen LogP contribution is 2.40. The van der Waals surface area contributed by atoms with Gasteiger partial charge in [-0.3, -0.25) is 4.98 Å². The fourth-order valence-corrected chi connectivity index (χ4v) is 7.46. The zero-order valence-corrected chi connectivity index (χ0v) is 31.8. The number of aryl methyl sites for hydroxylation is 1. The molecule has 2 amide bonds. The fraction of sp³-hybridized carbons (Fsp3) is 0.368. The molecule has 57 heavy (non-hydrogen) atoms. The number of carbonyl (C=O) groups is 1. The summed E-state index contributed by atoms with van der Waals surface area (Å²) in [6.45, 7) is 3.65. The molecule has 19 heteroatoms. The number of rotatable bonds is 12. The minimum atomic E-state index is -1.18. The molecule has 1 saturated carbocycles. The molecule has 1 aliphatic heterocycles. The molecular weight excluding hydrogens is 754 g/mol. The van der Waals surface area contributed by atoms with Crippen LogP contribution < -0.4 is 20.9 Å². The standard InChI is InChI=1S/C38H43N13O5.ClH/c1-2-31-46-48-51(47-31)30-16-29(33(54)34(30)55)50-21-42-32-35(40-19-28(23-5-9-26(52)10-6-23)24-7-11-27(53)12-8-24)44-37(45-36(32)50)49-15-13-25(20-49)43-38(56)41-18-22-4-3-14-39-17-22;/h3-12,14,17,21,25,28-30,33-34,52-55H,2,13,15-16,18-20H2,1H3,(H,40,44,45)(H2,41,43,56);1H. The van der Waals surface area contributed by atoms with E-state index >= 15 is 0 Å². The van der Waals surface area contributed by atoms with E-state index in [1.807, 2.05) is 48.2 Å². The van der Waals surface area contributed by atoms with Gasteiger partial charge in [-0.2, -0.15) is 14.8 Å². The minimum absolute atomic E-state index is 0. The van der Waals surface area contributed by atoms with Gasteiger partial charge in [-0.05, 0) is 65.1 Å². The summed E-state index contributed by atoms with van der Waals surface area (Å²) in [5.41, 5.74) is 3.65. The van der Waals surface area contributed by atoms with Crippen molar-refractivity contribution in [3.63, 3.8) is 0 Å². The van der Waals surface area contributed by atoms with Crippen molar-refractivity contribution in [2.45, 2.75) is 69.0 Å². The van der Waals surface area contributed by atoms with Crippen molar-refractivity contribution in [3.8, 4) is 11.5 Å². The van der Waals surface area contributed by atoms with Crippen molar-refractivity contribution in [3.05, 3.63) is 102 Å². The summed E-state index contributed by atoms with van der Waals surface area (Å²) in [5.74, 6) is 1.48. The van der Waals surface area contributed by atoms with E-state index in [0.29, 0.717) is 74.2 Å². The number of anilines is 2. The number of hydrogen-bond donors (Lipinski definition) is 7. The van der Waals surface area contributed by atoms with E-state index in [2.05, 4.69) is 36.3 Å². The van der Waals surface area contributed by atoms with Crippen LogP contribution in [0.15, 0.2) is 79.4 Å². The Hall–Kier alpha value is -6.11. The molecule has 4 aromatic heterocycles. The number of halogens is 1. The number of amides is 2. The quantitative estimate of drug-likeness (QED) is 0.0944. The molecule has 1 aliphatic carbocycles. The lowest BCUT2D eigenvalue weighted by molar-refractivity contribution is 0.00473. The van der Waals surface area contributed by atoms with Gasteiger partial charge in [-0.25, -0.2) is 9.78 Å². The number of nitrogens with one attached hydrogen (secondary N) is 3. The minimum Gasteiger partial charge on any atom is -0.508 e. The van der Waals surface area contributed by atoms with Crippen LogP contribution >= 0.6 is 12.4 Å². The molecule has 5 atom stereocenters. The highest BCUT2D eigenvalue weighted by atomic mass is 35.5. The maximum absolute atomic E-state index is 12.8. The fourth-order valence-electron chi connectivity index (χ4n) is 7.46. The number of fused-ring (bicyclic) bond motifs is 1. The Kier molecular flexibility index (Phi) is 11.6. The summed E-state index contributed by atoms with van der Waals surface area (Å²) in [6.07, 6.45) is 4.18. The number of carbonyl (C=O) groups excluding carboxylic acids is 1. The smallest absolute Gasteiger partial charge is 0.315 e. The van der Waals surface area contributed by atoms with Crippen LogP contribution in [-0.4, -0.2) is 109 Å². The van der Waals surface area contributed by atoms with Crippen LogP contribution in [0, 0.1) is 0 Å². The van der Waals surface area contributed by atoms with Crippen LogP contribution in [0.4, 0.5) is 16.6 Å². The van der Waals surface area contributed by atoms with E-state index in [1.165, 1.54) is 4.80 Å². The van der Waals surface area contributed by atoms with E-state index in [4.69, 9.17) is 15.0 Å². The van der Waals surface area contributed by atoms with E-state index in [1.54, 1.807) is 47.6 Å². The predicted molar refractivity (Wildman–Crippen MR) is 211 cm³/mol. The number of benzene rings is 2. The number of tetrazole rings is 1. The van der Waals surface area contributed by atoms with Crippen LogP contribution in [0.1, 0.15) is 60.3 Å². The molecule has 8 rings (SSSR count). The van der Waals surface area contributed by atoms with Gasteiger partial charge in [0.25, 0.3) is 0 Å². The number of aliphatic hydroxyl groups is 2.